The Hall–Kier alpha value is -1.75. The number of halogens is 1. The molecule has 96 valence electrons. The average Bonchev–Trinajstić information content (AvgIpc) is 2.55. The van der Waals surface area contributed by atoms with E-state index < -0.39 is 0 Å². The number of amides is 1. The van der Waals surface area contributed by atoms with Crippen LogP contribution in [0.25, 0.3) is 11.0 Å². The smallest absolute Gasteiger partial charge is 0.326 e. The van der Waals surface area contributed by atoms with Gasteiger partial charge in [-0.2, -0.15) is 0 Å². The summed E-state index contributed by atoms with van der Waals surface area (Å²) in [6.45, 7) is 0. The highest BCUT2D eigenvalue weighted by Crippen LogP contribution is 2.17. The van der Waals surface area contributed by atoms with Crippen molar-refractivity contribution in [3.63, 3.8) is 0 Å². The number of nitrogens with one attached hydrogen (secondary N) is 1. The lowest BCUT2D eigenvalue weighted by molar-refractivity contribution is -0.115. The molecule has 0 saturated heterocycles. The molecule has 0 fully saturated rings. The minimum absolute atomic E-state index is 0.0887. The Labute approximate surface area is 109 Å². The van der Waals surface area contributed by atoms with Crippen LogP contribution >= 0.6 is 11.6 Å². The number of benzene rings is 1. The van der Waals surface area contributed by atoms with Crippen LogP contribution in [0.2, 0.25) is 0 Å². The monoisotopic (exact) mass is 267 g/mol. The Morgan fingerprint density at radius 3 is 2.61 bits per heavy atom. The Balaban J connectivity index is 2.42. The molecule has 0 aliphatic rings. The van der Waals surface area contributed by atoms with Crippen molar-refractivity contribution in [2.75, 3.05) is 11.2 Å². The molecule has 1 aromatic heterocycles. The fourth-order valence-electron chi connectivity index (χ4n) is 1.89. The van der Waals surface area contributed by atoms with Gasteiger partial charge in [-0.3, -0.25) is 13.9 Å². The summed E-state index contributed by atoms with van der Waals surface area (Å²) in [7, 11) is 3.42. The zero-order valence-electron chi connectivity index (χ0n) is 10.2. The normalized spacial score (nSPS) is 10.8. The molecule has 1 amide bonds. The van der Waals surface area contributed by atoms with E-state index in [2.05, 4.69) is 5.32 Å². The summed E-state index contributed by atoms with van der Waals surface area (Å²) >= 11 is 5.50. The summed E-state index contributed by atoms with van der Waals surface area (Å²) in [6.07, 6.45) is 0.271. The number of fused-ring (bicyclic) bond motifs is 1. The number of carbonyl (C=O) groups excluding carboxylic acids is 1. The molecule has 0 aliphatic carbocycles. The number of alkyl halides is 1. The van der Waals surface area contributed by atoms with Crippen LogP contribution in [-0.4, -0.2) is 20.9 Å². The molecule has 0 bridgehead atoms. The fraction of sp³-hybridized carbons (Fsp3) is 0.333. The van der Waals surface area contributed by atoms with Gasteiger partial charge in [0.1, 0.15) is 0 Å². The molecule has 1 heterocycles. The first kappa shape index (κ1) is 12.7. The van der Waals surface area contributed by atoms with E-state index in [9.17, 15) is 9.59 Å². The van der Waals surface area contributed by atoms with Gasteiger partial charge in [0, 0.05) is 32.1 Å². The van der Waals surface area contributed by atoms with Crippen LogP contribution in [0.15, 0.2) is 23.0 Å². The van der Waals surface area contributed by atoms with Crippen LogP contribution in [0.1, 0.15) is 6.42 Å². The average molecular weight is 268 g/mol. The molecular weight excluding hydrogens is 254 g/mol. The molecule has 5 nitrogen and oxygen atoms in total. The third kappa shape index (κ3) is 2.13. The first-order chi connectivity index (χ1) is 8.54. The SMILES string of the molecule is Cn1c(=O)n(C)c2cc(NC(=O)CCCl)ccc21. The summed E-state index contributed by atoms with van der Waals surface area (Å²) in [5.74, 6) is 0.156. The lowest BCUT2D eigenvalue weighted by Crippen LogP contribution is -2.19. The third-order valence-electron chi connectivity index (χ3n) is 2.88. The number of aryl methyl sites for hydroxylation is 2. The summed E-state index contributed by atoms with van der Waals surface area (Å²) < 4.78 is 3.12. The Morgan fingerprint density at radius 1 is 1.28 bits per heavy atom. The Kier molecular flexibility index (Phi) is 3.43. The van der Waals surface area contributed by atoms with E-state index in [4.69, 9.17) is 11.6 Å². The number of hydrogen-bond acceptors (Lipinski definition) is 2. The van der Waals surface area contributed by atoms with Crippen LogP contribution in [0, 0.1) is 0 Å². The number of anilines is 1. The fourth-order valence-corrected chi connectivity index (χ4v) is 2.07. The molecule has 0 saturated carbocycles. The van der Waals surface area contributed by atoms with Gasteiger partial charge in [0.25, 0.3) is 0 Å². The van der Waals surface area contributed by atoms with Crippen molar-refractivity contribution in [2.45, 2.75) is 6.42 Å². The summed E-state index contributed by atoms with van der Waals surface area (Å²) in [5, 5.41) is 2.74. The highest BCUT2D eigenvalue weighted by Gasteiger charge is 2.09. The van der Waals surface area contributed by atoms with Gasteiger partial charge in [0.15, 0.2) is 0 Å². The Bertz CT molecular complexity index is 657. The maximum absolute atomic E-state index is 11.7. The van der Waals surface area contributed by atoms with E-state index in [0.29, 0.717) is 5.69 Å². The second-order valence-electron chi connectivity index (χ2n) is 4.09. The lowest BCUT2D eigenvalue weighted by atomic mass is 10.2. The van der Waals surface area contributed by atoms with Gasteiger partial charge in [-0.05, 0) is 18.2 Å². The van der Waals surface area contributed by atoms with Gasteiger partial charge in [-0.25, -0.2) is 4.79 Å². The van der Waals surface area contributed by atoms with Crippen molar-refractivity contribution in [3.05, 3.63) is 28.7 Å². The molecule has 6 heteroatoms. The van der Waals surface area contributed by atoms with Crippen LogP contribution in [-0.2, 0) is 18.9 Å². The maximum atomic E-state index is 11.7. The molecule has 1 aromatic carbocycles. The number of imidazole rings is 1. The molecule has 18 heavy (non-hydrogen) atoms. The summed E-state index contributed by atoms with van der Waals surface area (Å²) in [4.78, 5) is 23.2. The number of carbonyl (C=O) groups is 1. The van der Waals surface area contributed by atoms with Crippen molar-refractivity contribution >= 4 is 34.2 Å². The van der Waals surface area contributed by atoms with E-state index in [1.807, 2.05) is 6.07 Å². The second-order valence-corrected chi connectivity index (χ2v) is 4.47. The molecule has 0 radical (unpaired) electrons. The van der Waals surface area contributed by atoms with Gasteiger partial charge in [0.05, 0.1) is 11.0 Å². The molecule has 0 aliphatic heterocycles. The predicted octanol–water partition coefficient (Wildman–Crippen LogP) is 1.44. The van der Waals surface area contributed by atoms with E-state index in [1.165, 1.54) is 0 Å². The van der Waals surface area contributed by atoms with Crippen molar-refractivity contribution < 1.29 is 4.79 Å². The largest absolute Gasteiger partial charge is 0.328 e. The van der Waals surface area contributed by atoms with E-state index in [0.717, 1.165) is 11.0 Å². The topological polar surface area (TPSA) is 56.0 Å². The number of rotatable bonds is 3. The zero-order valence-corrected chi connectivity index (χ0v) is 11.0. The highest BCUT2D eigenvalue weighted by atomic mass is 35.5. The summed E-state index contributed by atoms with van der Waals surface area (Å²) in [6, 6.07) is 5.36. The molecule has 2 rings (SSSR count). The first-order valence-corrected chi connectivity index (χ1v) is 6.09. The quantitative estimate of drug-likeness (QED) is 0.856. The second kappa shape index (κ2) is 4.86. The van der Waals surface area contributed by atoms with Crippen molar-refractivity contribution in [1.82, 2.24) is 9.13 Å². The van der Waals surface area contributed by atoms with Crippen LogP contribution in [0.3, 0.4) is 0 Å². The first-order valence-electron chi connectivity index (χ1n) is 5.56. The van der Waals surface area contributed by atoms with Gasteiger partial charge in [-0.15, -0.1) is 11.6 Å². The molecule has 0 spiro atoms. The third-order valence-corrected chi connectivity index (χ3v) is 3.07. The minimum Gasteiger partial charge on any atom is -0.326 e. The molecule has 2 aromatic rings. The van der Waals surface area contributed by atoms with Crippen LogP contribution in [0.4, 0.5) is 5.69 Å². The Morgan fingerprint density at radius 2 is 1.94 bits per heavy atom. The molecule has 0 unspecified atom stereocenters. The molecule has 1 N–H and O–H groups in total. The van der Waals surface area contributed by atoms with Gasteiger partial charge >= 0.3 is 5.69 Å². The summed E-state index contributed by atoms with van der Waals surface area (Å²) in [5.41, 5.74) is 2.19. The number of aromatic nitrogens is 2. The molecular formula is C12H14ClN3O2. The number of hydrogen-bond donors (Lipinski definition) is 1. The van der Waals surface area contributed by atoms with Crippen LogP contribution in [0.5, 0.6) is 0 Å². The van der Waals surface area contributed by atoms with Crippen molar-refractivity contribution in [1.29, 1.82) is 0 Å². The van der Waals surface area contributed by atoms with E-state index in [-0.39, 0.29) is 23.9 Å². The van der Waals surface area contributed by atoms with Gasteiger partial charge in [0.2, 0.25) is 5.91 Å². The van der Waals surface area contributed by atoms with Gasteiger partial charge in [-0.1, -0.05) is 0 Å². The van der Waals surface area contributed by atoms with Crippen LogP contribution < -0.4 is 11.0 Å². The van der Waals surface area contributed by atoms with Crippen molar-refractivity contribution in [2.24, 2.45) is 14.1 Å². The zero-order chi connectivity index (χ0) is 13.3. The maximum Gasteiger partial charge on any atom is 0.328 e. The predicted molar refractivity (Wildman–Crippen MR) is 72.1 cm³/mol. The van der Waals surface area contributed by atoms with Gasteiger partial charge < -0.3 is 5.32 Å². The molecule has 0 atom stereocenters. The lowest BCUT2D eigenvalue weighted by Gasteiger charge is -2.04. The van der Waals surface area contributed by atoms with E-state index >= 15 is 0 Å². The minimum atomic E-state index is -0.134. The van der Waals surface area contributed by atoms with Crippen molar-refractivity contribution in [3.8, 4) is 0 Å². The van der Waals surface area contributed by atoms with E-state index in [1.54, 1.807) is 35.4 Å². The highest BCUT2D eigenvalue weighted by molar-refractivity contribution is 6.19. The number of nitrogens with zero attached hydrogens (tertiary/aromatic N) is 2. The standard InChI is InChI=1S/C12H14ClN3O2/c1-15-9-4-3-8(14-11(17)5-6-13)7-10(9)16(2)12(15)18/h3-4,7H,5-6H2,1-2H3,(H,14,17).